The fraction of sp³-hybridized carbons (Fsp3) is 0.773. The average molecular weight is 359 g/mol. The molecule has 1 aromatic rings. The standard InChI is InChI=1S/C22H34N2O2/c1-17-13-26-14-19(17)20(25)24-8-5-4-6-22(16-24)7-9-23(15-22)12-18-10-21(2,3)11-18/h13-14,18H,4-12,15-16H2,1-3H3. The van der Waals surface area contributed by atoms with Crippen molar-refractivity contribution in [1.82, 2.24) is 9.80 Å². The molecule has 4 nitrogen and oxygen atoms in total. The minimum absolute atomic E-state index is 0.164. The molecule has 4 rings (SSSR count). The van der Waals surface area contributed by atoms with Gasteiger partial charge in [-0.05, 0) is 62.5 Å². The highest BCUT2D eigenvalue weighted by molar-refractivity contribution is 5.95. The second-order valence-electron chi connectivity index (χ2n) is 10.1. The predicted molar refractivity (Wildman–Crippen MR) is 103 cm³/mol. The minimum Gasteiger partial charge on any atom is -0.471 e. The van der Waals surface area contributed by atoms with Crippen LogP contribution in [0.1, 0.15) is 68.3 Å². The molecule has 1 amide bonds. The molecule has 0 aromatic carbocycles. The Hall–Kier alpha value is -1.29. The fourth-order valence-electron chi connectivity index (χ4n) is 5.80. The van der Waals surface area contributed by atoms with Crippen molar-refractivity contribution in [2.24, 2.45) is 16.7 Å². The first-order valence-electron chi connectivity index (χ1n) is 10.4. The Morgan fingerprint density at radius 3 is 2.65 bits per heavy atom. The van der Waals surface area contributed by atoms with Gasteiger partial charge in [0.25, 0.3) is 5.91 Å². The van der Waals surface area contributed by atoms with E-state index >= 15 is 0 Å². The van der Waals surface area contributed by atoms with Crippen molar-refractivity contribution in [3.8, 4) is 0 Å². The molecule has 1 unspecified atom stereocenters. The van der Waals surface area contributed by atoms with E-state index in [1.54, 1.807) is 12.5 Å². The summed E-state index contributed by atoms with van der Waals surface area (Å²) in [6, 6.07) is 0. The smallest absolute Gasteiger partial charge is 0.257 e. The third-order valence-electron chi connectivity index (χ3n) is 7.00. The van der Waals surface area contributed by atoms with E-state index in [0.29, 0.717) is 10.8 Å². The summed E-state index contributed by atoms with van der Waals surface area (Å²) in [6.07, 6.45) is 10.9. The van der Waals surface area contributed by atoms with Gasteiger partial charge in [0, 0.05) is 31.6 Å². The number of nitrogens with zero attached hydrogens (tertiary/aromatic N) is 2. The van der Waals surface area contributed by atoms with Crippen LogP contribution < -0.4 is 0 Å². The van der Waals surface area contributed by atoms with Gasteiger partial charge >= 0.3 is 0 Å². The number of hydrogen-bond acceptors (Lipinski definition) is 3. The topological polar surface area (TPSA) is 36.7 Å². The monoisotopic (exact) mass is 358 g/mol. The second kappa shape index (κ2) is 6.70. The van der Waals surface area contributed by atoms with Crippen LogP contribution in [-0.2, 0) is 0 Å². The van der Waals surface area contributed by atoms with Gasteiger partial charge in [0.1, 0.15) is 6.26 Å². The predicted octanol–water partition coefficient (Wildman–Crippen LogP) is 4.34. The summed E-state index contributed by atoms with van der Waals surface area (Å²) in [6.45, 7) is 12.2. The summed E-state index contributed by atoms with van der Waals surface area (Å²) in [5.41, 5.74) is 2.57. The Bertz CT molecular complexity index is 657. The van der Waals surface area contributed by atoms with E-state index in [2.05, 4.69) is 23.6 Å². The molecular weight excluding hydrogens is 324 g/mol. The first-order chi connectivity index (χ1) is 12.4. The number of likely N-dealkylation sites (tertiary alicyclic amines) is 2. The Kier molecular flexibility index (Phi) is 4.66. The molecule has 26 heavy (non-hydrogen) atoms. The molecule has 3 aliphatic rings. The number of amides is 1. The lowest BCUT2D eigenvalue weighted by molar-refractivity contribution is 0.0579. The van der Waals surface area contributed by atoms with E-state index in [4.69, 9.17) is 4.42 Å². The zero-order chi connectivity index (χ0) is 18.4. The van der Waals surface area contributed by atoms with Crippen LogP contribution in [0.2, 0.25) is 0 Å². The van der Waals surface area contributed by atoms with Gasteiger partial charge in [-0.25, -0.2) is 0 Å². The van der Waals surface area contributed by atoms with Crippen LogP contribution in [0.4, 0.5) is 0 Å². The summed E-state index contributed by atoms with van der Waals surface area (Å²) in [5, 5.41) is 0. The molecule has 1 aromatic heterocycles. The molecule has 144 valence electrons. The van der Waals surface area contributed by atoms with Crippen LogP contribution in [0.3, 0.4) is 0 Å². The zero-order valence-corrected chi connectivity index (χ0v) is 16.7. The Morgan fingerprint density at radius 2 is 1.96 bits per heavy atom. The van der Waals surface area contributed by atoms with Crippen molar-refractivity contribution in [3.05, 3.63) is 23.7 Å². The number of hydrogen-bond donors (Lipinski definition) is 0. The zero-order valence-electron chi connectivity index (χ0n) is 16.7. The van der Waals surface area contributed by atoms with Crippen LogP contribution in [0.25, 0.3) is 0 Å². The van der Waals surface area contributed by atoms with Crippen molar-refractivity contribution in [2.75, 3.05) is 32.7 Å². The van der Waals surface area contributed by atoms with E-state index < -0.39 is 0 Å². The van der Waals surface area contributed by atoms with E-state index in [-0.39, 0.29) is 5.91 Å². The lowest BCUT2D eigenvalue weighted by Gasteiger charge is -2.44. The molecular formula is C22H34N2O2. The van der Waals surface area contributed by atoms with Gasteiger partial charge in [0.05, 0.1) is 11.8 Å². The van der Waals surface area contributed by atoms with Crippen LogP contribution in [0.15, 0.2) is 16.9 Å². The van der Waals surface area contributed by atoms with Crippen molar-refractivity contribution in [2.45, 2.75) is 59.3 Å². The normalized spacial score (nSPS) is 29.7. The molecule has 1 spiro atoms. The highest BCUT2D eigenvalue weighted by atomic mass is 16.3. The second-order valence-corrected chi connectivity index (χ2v) is 10.1. The molecule has 0 bridgehead atoms. The third-order valence-corrected chi connectivity index (χ3v) is 7.00. The number of carbonyl (C=O) groups is 1. The van der Waals surface area contributed by atoms with Crippen LogP contribution in [0, 0.1) is 23.7 Å². The van der Waals surface area contributed by atoms with Gasteiger partial charge in [0.2, 0.25) is 0 Å². The van der Waals surface area contributed by atoms with Gasteiger partial charge in [0.15, 0.2) is 0 Å². The molecule has 1 saturated carbocycles. The van der Waals surface area contributed by atoms with Crippen LogP contribution >= 0.6 is 0 Å². The van der Waals surface area contributed by atoms with E-state index in [1.807, 2.05) is 6.92 Å². The van der Waals surface area contributed by atoms with Gasteiger partial charge < -0.3 is 14.2 Å². The lowest BCUT2D eigenvalue weighted by Crippen LogP contribution is -2.43. The molecule has 3 fully saturated rings. The first-order valence-corrected chi connectivity index (χ1v) is 10.4. The van der Waals surface area contributed by atoms with Crippen molar-refractivity contribution in [3.63, 3.8) is 0 Å². The highest BCUT2D eigenvalue weighted by Crippen LogP contribution is 2.46. The molecule has 4 heteroatoms. The Labute approximate surface area is 157 Å². The number of carbonyl (C=O) groups excluding carboxylic acids is 1. The summed E-state index contributed by atoms with van der Waals surface area (Å²) in [5.74, 6) is 1.05. The summed E-state index contributed by atoms with van der Waals surface area (Å²) in [7, 11) is 0. The summed E-state index contributed by atoms with van der Waals surface area (Å²) < 4.78 is 5.25. The maximum atomic E-state index is 13.0. The maximum absolute atomic E-state index is 13.0. The van der Waals surface area contributed by atoms with Gasteiger partial charge in [-0.2, -0.15) is 0 Å². The quantitative estimate of drug-likeness (QED) is 0.806. The van der Waals surface area contributed by atoms with Crippen molar-refractivity contribution in [1.29, 1.82) is 0 Å². The SMILES string of the molecule is Cc1cocc1C(=O)N1CCCCC2(CCN(CC3CC(C)(C)C3)C2)C1. The van der Waals surface area contributed by atoms with E-state index in [1.165, 1.54) is 51.7 Å². The average Bonchev–Trinajstić information content (AvgIpc) is 3.08. The molecule has 2 saturated heterocycles. The largest absolute Gasteiger partial charge is 0.471 e. The number of rotatable bonds is 3. The van der Waals surface area contributed by atoms with E-state index in [0.717, 1.165) is 36.6 Å². The van der Waals surface area contributed by atoms with Gasteiger partial charge in [-0.3, -0.25) is 4.79 Å². The molecule has 3 heterocycles. The number of furan rings is 1. The Balaban J connectivity index is 1.40. The number of aryl methyl sites for hydroxylation is 1. The Morgan fingerprint density at radius 1 is 1.15 bits per heavy atom. The minimum atomic E-state index is 0.164. The fourth-order valence-corrected chi connectivity index (χ4v) is 5.80. The maximum Gasteiger partial charge on any atom is 0.257 e. The van der Waals surface area contributed by atoms with Crippen molar-refractivity contribution < 1.29 is 9.21 Å². The molecule has 1 atom stereocenters. The lowest BCUT2D eigenvalue weighted by atomic mass is 9.64. The molecule has 0 N–H and O–H groups in total. The van der Waals surface area contributed by atoms with Crippen LogP contribution in [-0.4, -0.2) is 48.4 Å². The molecule has 1 aliphatic carbocycles. The van der Waals surface area contributed by atoms with E-state index in [9.17, 15) is 4.79 Å². The van der Waals surface area contributed by atoms with Gasteiger partial charge in [-0.15, -0.1) is 0 Å². The summed E-state index contributed by atoms with van der Waals surface area (Å²) in [4.78, 5) is 17.8. The van der Waals surface area contributed by atoms with Crippen LogP contribution in [0.5, 0.6) is 0 Å². The van der Waals surface area contributed by atoms with Gasteiger partial charge in [-0.1, -0.05) is 20.3 Å². The highest BCUT2D eigenvalue weighted by Gasteiger charge is 2.44. The van der Waals surface area contributed by atoms with Crippen molar-refractivity contribution >= 4 is 5.91 Å². The first kappa shape index (κ1) is 18.1. The summed E-state index contributed by atoms with van der Waals surface area (Å²) >= 11 is 0. The molecule has 0 radical (unpaired) electrons. The molecule has 2 aliphatic heterocycles. The third kappa shape index (κ3) is 3.58.